The third-order valence-electron chi connectivity index (χ3n) is 3.25. The summed E-state index contributed by atoms with van der Waals surface area (Å²) < 4.78 is 15.6. The van der Waals surface area contributed by atoms with E-state index < -0.39 is 16.4 Å². The number of nitro groups is 1. The molecule has 21 heavy (non-hydrogen) atoms. The van der Waals surface area contributed by atoms with Gasteiger partial charge >= 0.3 is 5.69 Å². The fourth-order valence-electron chi connectivity index (χ4n) is 2.12. The minimum Gasteiger partial charge on any atom is -0.310 e. The van der Waals surface area contributed by atoms with Gasteiger partial charge in [0.2, 0.25) is 5.82 Å². The van der Waals surface area contributed by atoms with Gasteiger partial charge in [-0.15, -0.1) is 0 Å². The van der Waals surface area contributed by atoms with Gasteiger partial charge in [-0.2, -0.15) is 9.49 Å². The van der Waals surface area contributed by atoms with Crippen LogP contribution in [0.5, 0.6) is 0 Å². The molecule has 0 aliphatic carbocycles. The molecule has 0 saturated carbocycles. The molecule has 0 radical (unpaired) electrons. The SMILES string of the molecule is CCNC(C)c1cnn(Cc2cccc([N+](=O)[O-])c2F)c1. The van der Waals surface area contributed by atoms with E-state index in [1.807, 2.05) is 20.0 Å². The number of hydrogen-bond acceptors (Lipinski definition) is 4. The van der Waals surface area contributed by atoms with Crippen molar-refractivity contribution in [3.05, 3.63) is 57.7 Å². The second kappa shape index (κ2) is 6.45. The quantitative estimate of drug-likeness (QED) is 0.656. The molecule has 0 saturated heterocycles. The Labute approximate surface area is 121 Å². The summed E-state index contributed by atoms with van der Waals surface area (Å²) >= 11 is 0. The van der Waals surface area contributed by atoms with Gasteiger partial charge < -0.3 is 5.32 Å². The van der Waals surface area contributed by atoms with Crippen LogP contribution < -0.4 is 5.32 Å². The minimum absolute atomic E-state index is 0.152. The highest BCUT2D eigenvalue weighted by Gasteiger charge is 2.17. The lowest BCUT2D eigenvalue weighted by molar-refractivity contribution is -0.387. The standard InChI is InChI=1S/C14H17FN4O2/c1-3-16-10(2)12-7-17-18(9-12)8-11-5-4-6-13(14(11)15)19(20)21/h4-7,9-10,16H,3,8H2,1-2H3. The van der Waals surface area contributed by atoms with Crippen molar-refractivity contribution in [1.82, 2.24) is 15.1 Å². The zero-order valence-electron chi connectivity index (χ0n) is 11.9. The van der Waals surface area contributed by atoms with Crippen LogP contribution in [0.3, 0.4) is 0 Å². The van der Waals surface area contributed by atoms with E-state index in [4.69, 9.17) is 0 Å². The van der Waals surface area contributed by atoms with E-state index in [-0.39, 0.29) is 18.2 Å². The second-order valence-corrected chi connectivity index (χ2v) is 4.76. The molecule has 7 heteroatoms. The number of benzene rings is 1. The van der Waals surface area contributed by atoms with Crippen LogP contribution in [0.1, 0.15) is 31.0 Å². The molecule has 1 heterocycles. The lowest BCUT2D eigenvalue weighted by Crippen LogP contribution is -2.17. The van der Waals surface area contributed by atoms with Gasteiger partial charge in [-0.1, -0.05) is 19.1 Å². The zero-order chi connectivity index (χ0) is 15.4. The van der Waals surface area contributed by atoms with E-state index in [9.17, 15) is 14.5 Å². The maximum Gasteiger partial charge on any atom is 0.305 e. The molecule has 2 rings (SSSR count). The summed E-state index contributed by atoms with van der Waals surface area (Å²) in [6.07, 6.45) is 3.52. The molecule has 112 valence electrons. The molecule has 6 nitrogen and oxygen atoms in total. The lowest BCUT2D eigenvalue weighted by Gasteiger charge is -2.09. The molecule has 0 fully saturated rings. The molecule has 2 aromatic rings. The molecular weight excluding hydrogens is 275 g/mol. The smallest absolute Gasteiger partial charge is 0.305 e. The average Bonchev–Trinajstić information content (AvgIpc) is 2.90. The number of rotatable bonds is 6. The summed E-state index contributed by atoms with van der Waals surface area (Å²) in [6, 6.07) is 4.30. The van der Waals surface area contributed by atoms with Gasteiger partial charge in [0.25, 0.3) is 0 Å². The maximum absolute atomic E-state index is 14.0. The van der Waals surface area contributed by atoms with E-state index in [1.54, 1.807) is 10.9 Å². The van der Waals surface area contributed by atoms with Crippen LogP contribution >= 0.6 is 0 Å². The molecule has 0 aliphatic heterocycles. The van der Waals surface area contributed by atoms with Crippen molar-refractivity contribution in [2.75, 3.05) is 6.54 Å². The van der Waals surface area contributed by atoms with Crippen molar-refractivity contribution in [2.24, 2.45) is 0 Å². The molecule has 1 atom stereocenters. The van der Waals surface area contributed by atoms with Gasteiger partial charge in [0.1, 0.15) is 0 Å². The number of nitro benzene ring substituents is 1. The Kier molecular flexibility index (Phi) is 4.64. The summed E-state index contributed by atoms with van der Waals surface area (Å²) in [5.74, 6) is -0.806. The van der Waals surface area contributed by atoms with Gasteiger partial charge in [0, 0.05) is 29.4 Å². The van der Waals surface area contributed by atoms with Crippen molar-refractivity contribution in [1.29, 1.82) is 0 Å². The first-order valence-electron chi connectivity index (χ1n) is 6.70. The molecule has 1 aromatic heterocycles. The summed E-state index contributed by atoms with van der Waals surface area (Å²) in [5, 5.41) is 18.2. The lowest BCUT2D eigenvalue weighted by atomic mass is 10.2. The maximum atomic E-state index is 14.0. The van der Waals surface area contributed by atoms with E-state index in [2.05, 4.69) is 10.4 Å². The molecule has 1 unspecified atom stereocenters. The third kappa shape index (κ3) is 3.43. The Balaban J connectivity index is 2.19. The Morgan fingerprint density at radius 2 is 2.29 bits per heavy atom. The average molecular weight is 292 g/mol. The molecule has 1 N–H and O–H groups in total. The third-order valence-corrected chi connectivity index (χ3v) is 3.25. The molecule has 0 spiro atoms. The highest BCUT2D eigenvalue weighted by Crippen LogP contribution is 2.21. The first-order chi connectivity index (χ1) is 10.0. The summed E-state index contributed by atoms with van der Waals surface area (Å²) in [4.78, 5) is 10.0. The highest BCUT2D eigenvalue weighted by molar-refractivity contribution is 5.36. The molecule has 0 bridgehead atoms. The van der Waals surface area contributed by atoms with E-state index >= 15 is 0 Å². The van der Waals surface area contributed by atoms with Crippen LogP contribution in [-0.2, 0) is 6.54 Å². The van der Waals surface area contributed by atoms with Gasteiger partial charge in [-0.3, -0.25) is 14.8 Å². The second-order valence-electron chi connectivity index (χ2n) is 4.76. The van der Waals surface area contributed by atoms with Gasteiger partial charge in [-0.25, -0.2) is 0 Å². The Morgan fingerprint density at radius 1 is 1.52 bits per heavy atom. The number of nitrogens with one attached hydrogen (secondary N) is 1. The topological polar surface area (TPSA) is 73.0 Å². The number of hydrogen-bond donors (Lipinski definition) is 1. The monoisotopic (exact) mass is 292 g/mol. The van der Waals surface area contributed by atoms with Crippen molar-refractivity contribution in [3.8, 4) is 0 Å². The van der Waals surface area contributed by atoms with Gasteiger partial charge in [0.15, 0.2) is 0 Å². The Morgan fingerprint density at radius 3 is 2.95 bits per heavy atom. The fraction of sp³-hybridized carbons (Fsp3) is 0.357. The number of aromatic nitrogens is 2. The Hall–Kier alpha value is -2.28. The van der Waals surface area contributed by atoms with Crippen molar-refractivity contribution in [3.63, 3.8) is 0 Å². The number of nitrogens with zero attached hydrogens (tertiary/aromatic N) is 3. The molecule has 0 amide bonds. The predicted molar refractivity (Wildman–Crippen MR) is 76.5 cm³/mol. The largest absolute Gasteiger partial charge is 0.310 e. The van der Waals surface area contributed by atoms with Crippen molar-refractivity contribution >= 4 is 5.69 Å². The summed E-state index contributed by atoms with van der Waals surface area (Å²) in [6.45, 7) is 5.02. The van der Waals surface area contributed by atoms with E-state index in [0.717, 1.165) is 18.2 Å². The van der Waals surface area contributed by atoms with Crippen molar-refractivity contribution < 1.29 is 9.31 Å². The van der Waals surface area contributed by atoms with Crippen LogP contribution in [0.4, 0.5) is 10.1 Å². The predicted octanol–water partition coefficient (Wildman–Crippen LogP) is 2.65. The van der Waals surface area contributed by atoms with Crippen molar-refractivity contribution in [2.45, 2.75) is 26.4 Å². The minimum atomic E-state index is -0.806. The zero-order valence-corrected chi connectivity index (χ0v) is 11.9. The van der Waals surface area contributed by atoms with Crippen LogP contribution in [0, 0.1) is 15.9 Å². The van der Waals surface area contributed by atoms with E-state index in [1.165, 1.54) is 12.1 Å². The van der Waals surface area contributed by atoms with Crippen LogP contribution in [-0.4, -0.2) is 21.2 Å². The molecule has 1 aromatic carbocycles. The summed E-state index contributed by atoms with van der Waals surface area (Å²) in [5.41, 5.74) is 0.721. The highest BCUT2D eigenvalue weighted by atomic mass is 19.1. The first kappa shape index (κ1) is 15.1. The van der Waals surface area contributed by atoms with Crippen LogP contribution in [0.2, 0.25) is 0 Å². The van der Waals surface area contributed by atoms with E-state index in [0.29, 0.717) is 0 Å². The van der Waals surface area contributed by atoms with Gasteiger partial charge in [0.05, 0.1) is 17.7 Å². The molecular formula is C14H17FN4O2. The molecule has 0 aliphatic rings. The van der Waals surface area contributed by atoms with Crippen LogP contribution in [0.15, 0.2) is 30.6 Å². The summed E-state index contributed by atoms with van der Waals surface area (Å²) in [7, 11) is 0. The first-order valence-corrected chi connectivity index (χ1v) is 6.70. The Bertz CT molecular complexity index is 642. The van der Waals surface area contributed by atoms with Crippen LogP contribution in [0.25, 0.3) is 0 Å². The fourth-order valence-corrected chi connectivity index (χ4v) is 2.12. The number of halogens is 1. The normalized spacial score (nSPS) is 12.3. The van der Waals surface area contributed by atoms with Gasteiger partial charge in [-0.05, 0) is 13.5 Å².